The van der Waals surface area contributed by atoms with Crippen LogP contribution < -0.4 is 5.32 Å². The monoisotopic (exact) mass is 289 g/mol. The molecule has 0 aromatic heterocycles. The normalized spacial score (nSPS) is 11.7. The summed E-state index contributed by atoms with van der Waals surface area (Å²) in [7, 11) is -2.88. The van der Waals surface area contributed by atoms with Gasteiger partial charge in [-0.1, -0.05) is 31.2 Å². The Bertz CT molecular complexity index is 443. The molecule has 18 heavy (non-hydrogen) atoms. The average Bonchev–Trinajstić information content (AvgIpc) is 2.35. The van der Waals surface area contributed by atoms with E-state index in [1.54, 1.807) is 0 Å². The molecule has 0 bridgehead atoms. The molecule has 0 heterocycles. The van der Waals surface area contributed by atoms with Crippen LogP contribution in [0, 0.1) is 0 Å². The van der Waals surface area contributed by atoms with Gasteiger partial charge in [0.1, 0.15) is 0 Å². The van der Waals surface area contributed by atoms with Crippen LogP contribution in [0.25, 0.3) is 0 Å². The molecule has 5 heteroatoms. The zero-order valence-corrected chi connectivity index (χ0v) is 12.2. The zero-order chi connectivity index (χ0) is 13.4. The smallest absolute Gasteiger partial charge is 0.151 e. The maximum atomic E-state index is 11.5. The first kappa shape index (κ1) is 15.5. The number of hydrogen-bond donors (Lipinski definition) is 1. The Kier molecular flexibility index (Phi) is 6.68. The molecule has 102 valence electrons. The number of halogens is 1. The molecule has 1 N–H and O–H groups in total. The molecule has 0 spiro atoms. The van der Waals surface area contributed by atoms with Gasteiger partial charge in [-0.2, -0.15) is 0 Å². The average molecular weight is 290 g/mol. The lowest BCUT2D eigenvalue weighted by Gasteiger charge is -2.06. The van der Waals surface area contributed by atoms with Crippen LogP contribution in [-0.2, 0) is 22.3 Å². The van der Waals surface area contributed by atoms with Gasteiger partial charge in [0, 0.05) is 24.7 Å². The molecule has 1 aromatic carbocycles. The van der Waals surface area contributed by atoms with E-state index >= 15 is 0 Å². The summed E-state index contributed by atoms with van der Waals surface area (Å²) in [5.41, 5.74) is 2.22. The SMILES string of the molecule is CCCS(=O)(=O)CCNCc1ccc(CCl)cc1. The molecular formula is C13H20ClNO2S. The first-order valence-corrected chi connectivity index (χ1v) is 8.48. The number of alkyl halides is 1. The van der Waals surface area contributed by atoms with Crippen molar-refractivity contribution in [3.8, 4) is 0 Å². The van der Waals surface area contributed by atoms with Crippen molar-refractivity contribution in [2.75, 3.05) is 18.1 Å². The van der Waals surface area contributed by atoms with Gasteiger partial charge in [0.15, 0.2) is 9.84 Å². The van der Waals surface area contributed by atoms with E-state index in [2.05, 4.69) is 5.32 Å². The molecule has 3 nitrogen and oxygen atoms in total. The second-order valence-corrected chi connectivity index (χ2v) is 6.85. The molecule has 0 saturated heterocycles. The number of nitrogens with one attached hydrogen (secondary N) is 1. The third kappa shape index (κ3) is 5.85. The summed E-state index contributed by atoms with van der Waals surface area (Å²) in [5, 5.41) is 3.14. The van der Waals surface area contributed by atoms with Crippen molar-refractivity contribution in [3.05, 3.63) is 35.4 Å². The largest absolute Gasteiger partial charge is 0.312 e. The highest BCUT2D eigenvalue weighted by Gasteiger charge is 2.07. The van der Waals surface area contributed by atoms with Crippen LogP contribution in [0.5, 0.6) is 0 Å². The standard InChI is InChI=1S/C13H20ClNO2S/c1-2-8-18(16,17)9-7-15-11-13-5-3-12(10-14)4-6-13/h3-6,15H,2,7-11H2,1H3. The molecule has 0 aliphatic rings. The van der Waals surface area contributed by atoms with E-state index in [0.29, 0.717) is 25.4 Å². The van der Waals surface area contributed by atoms with Gasteiger partial charge >= 0.3 is 0 Å². The van der Waals surface area contributed by atoms with Crippen LogP contribution >= 0.6 is 11.6 Å². The Balaban J connectivity index is 2.29. The molecule has 0 fully saturated rings. The molecule has 0 amide bonds. The molecular weight excluding hydrogens is 270 g/mol. The van der Waals surface area contributed by atoms with Crippen molar-refractivity contribution in [2.45, 2.75) is 25.8 Å². The summed E-state index contributed by atoms with van der Waals surface area (Å²) in [5.74, 6) is 1.00. The van der Waals surface area contributed by atoms with Crippen LogP contribution in [0.15, 0.2) is 24.3 Å². The quantitative estimate of drug-likeness (QED) is 0.590. The lowest BCUT2D eigenvalue weighted by atomic mass is 10.1. The summed E-state index contributed by atoms with van der Waals surface area (Å²) in [6.45, 7) is 3.06. The van der Waals surface area contributed by atoms with E-state index in [0.717, 1.165) is 11.1 Å². The Labute approximate surface area is 114 Å². The van der Waals surface area contributed by atoms with Gasteiger partial charge < -0.3 is 5.32 Å². The molecule has 0 atom stereocenters. The minimum absolute atomic E-state index is 0.209. The first-order chi connectivity index (χ1) is 8.57. The molecule has 0 aliphatic heterocycles. The Hall–Kier alpha value is -0.580. The van der Waals surface area contributed by atoms with Crippen LogP contribution in [0.2, 0.25) is 0 Å². The van der Waals surface area contributed by atoms with Crippen molar-refractivity contribution in [1.29, 1.82) is 0 Å². The third-order valence-corrected chi connectivity index (χ3v) is 4.78. The van der Waals surface area contributed by atoms with E-state index < -0.39 is 9.84 Å². The molecule has 1 aromatic rings. The Morgan fingerprint density at radius 1 is 1.11 bits per heavy atom. The molecule has 0 aliphatic carbocycles. The van der Waals surface area contributed by atoms with Crippen molar-refractivity contribution < 1.29 is 8.42 Å². The van der Waals surface area contributed by atoms with Gasteiger partial charge in [-0.05, 0) is 17.5 Å². The maximum absolute atomic E-state index is 11.5. The predicted molar refractivity (Wildman–Crippen MR) is 76.7 cm³/mol. The van der Waals surface area contributed by atoms with Crippen molar-refractivity contribution in [3.63, 3.8) is 0 Å². The van der Waals surface area contributed by atoms with Crippen molar-refractivity contribution >= 4 is 21.4 Å². The fourth-order valence-corrected chi connectivity index (χ4v) is 3.08. The van der Waals surface area contributed by atoms with Crippen molar-refractivity contribution in [1.82, 2.24) is 5.32 Å². The molecule has 0 radical (unpaired) electrons. The topological polar surface area (TPSA) is 46.2 Å². The van der Waals surface area contributed by atoms with Crippen LogP contribution in [-0.4, -0.2) is 26.5 Å². The van der Waals surface area contributed by atoms with E-state index in [1.165, 1.54) is 0 Å². The Morgan fingerprint density at radius 3 is 2.28 bits per heavy atom. The molecule has 0 saturated carbocycles. The van der Waals surface area contributed by atoms with Gasteiger partial charge in [0.25, 0.3) is 0 Å². The number of rotatable bonds is 8. The number of sulfone groups is 1. The minimum atomic E-state index is -2.88. The van der Waals surface area contributed by atoms with Gasteiger partial charge in [-0.15, -0.1) is 11.6 Å². The second kappa shape index (κ2) is 7.77. The maximum Gasteiger partial charge on any atom is 0.151 e. The van der Waals surface area contributed by atoms with Gasteiger partial charge in [-0.25, -0.2) is 8.42 Å². The van der Waals surface area contributed by atoms with Gasteiger partial charge in [-0.3, -0.25) is 0 Å². The highest BCUT2D eigenvalue weighted by molar-refractivity contribution is 7.91. The van der Waals surface area contributed by atoms with E-state index in [1.807, 2.05) is 31.2 Å². The van der Waals surface area contributed by atoms with E-state index in [4.69, 9.17) is 11.6 Å². The fourth-order valence-electron chi connectivity index (χ4n) is 1.62. The van der Waals surface area contributed by atoms with Crippen molar-refractivity contribution in [2.24, 2.45) is 0 Å². The summed E-state index contributed by atoms with van der Waals surface area (Å²) < 4.78 is 22.9. The van der Waals surface area contributed by atoms with E-state index in [9.17, 15) is 8.42 Å². The van der Waals surface area contributed by atoms with Crippen LogP contribution in [0.4, 0.5) is 0 Å². The Morgan fingerprint density at radius 2 is 1.72 bits per heavy atom. The molecule has 0 unspecified atom stereocenters. The summed E-state index contributed by atoms with van der Waals surface area (Å²) in [6.07, 6.45) is 0.683. The predicted octanol–water partition coefficient (Wildman–Crippen LogP) is 2.34. The summed E-state index contributed by atoms with van der Waals surface area (Å²) in [6, 6.07) is 7.98. The van der Waals surface area contributed by atoms with Crippen LogP contribution in [0.1, 0.15) is 24.5 Å². The van der Waals surface area contributed by atoms with Gasteiger partial charge in [0.2, 0.25) is 0 Å². The van der Waals surface area contributed by atoms with E-state index in [-0.39, 0.29) is 11.5 Å². The second-order valence-electron chi connectivity index (χ2n) is 4.28. The lowest BCUT2D eigenvalue weighted by Crippen LogP contribution is -2.24. The highest BCUT2D eigenvalue weighted by atomic mass is 35.5. The summed E-state index contributed by atoms with van der Waals surface area (Å²) >= 11 is 5.70. The third-order valence-electron chi connectivity index (χ3n) is 2.61. The summed E-state index contributed by atoms with van der Waals surface area (Å²) in [4.78, 5) is 0. The fraction of sp³-hybridized carbons (Fsp3) is 0.538. The minimum Gasteiger partial charge on any atom is -0.312 e. The highest BCUT2D eigenvalue weighted by Crippen LogP contribution is 2.06. The van der Waals surface area contributed by atoms with Crippen LogP contribution in [0.3, 0.4) is 0 Å². The van der Waals surface area contributed by atoms with Gasteiger partial charge in [0.05, 0.1) is 5.75 Å². The number of benzene rings is 1. The lowest BCUT2D eigenvalue weighted by molar-refractivity contribution is 0.589. The first-order valence-electron chi connectivity index (χ1n) is 6.12. The number of hydrogen-bond acceptors (Lipinski definition) is 3. The zero-order valence-electron chi connectivity index (χ0n) is 10.7. The molecule has 1 rings (SSSR count).